The molecule has 0 saturated carbocycles. The highest BCUT2D eigenvalue weighted by Crippen LogP contribution is 2.23. The van der Waals surface area contributed by atoms with Gasteiger partial charge < -0.3 is 9.47 Å². The van der Waals surface area contributed by atoms with Crippen LogP contribution in [0.5, 0.6) is 0 Å². The highest BCUT2D eigenvalue weighted by Gasteiger charge is 2.41. The van der Waals surface area contributed by atoms with Crippen molar-refractivity contribution in [2.24, 2.45) is 0 Å². The van der Waals surface area contributed by atoms with Crippen LogP contribution in [0, 0.1) is 0 Å². The van der Waals surface area contributed by atoms with Gasteiger partial charge in [-0.3, -0.25) is 4.79 Å². The lowest BCUT2D eigenvalue weighted by Gasteiger charge is -2.14. The third-order valence-electron chi connectivity index (χ3n) is 3.22. The molecule has 0 aliphatic carbocycles. The summed E-state index contributed by atoms with van der Waals surface area (Å²) in [4.78, 5) is 23.5. The second kappa shape index (κ2) is 6.36. The van der Waals surface area contributed by atoms with Gasteiger partial charge in [-0.1, -0.05) is 50.1 Å². The largest absolute Gasteiger partial charge is 0.509 e. The molecule has 2 rings (SSSR count). The van der Waals surface area contributed by atoms with Crippen LogP contribution in [0.2, 0.25) is 0 Å². The first kappa shape index (κ1) is 13.6. The van der Waals surface area contributed by atoms with E-state index in [4.69, 9.17) is 9.47 Å². The van der Waals surface area contributed by atoms with Crippen molar-refractivity contribution in [3.63, 3.8) is 0 Å². The molecule has 1 aromatic rings. The Morgan fingerprint density at radius 1 is 1.16 bits per heavy atom. The zero-order valence-electron chi connectivity index (χ0n) is 11.0. The van der Waals surface area contributed by atoms with Gasteiger partial charge in [0.05, 0.1) is 0 Å². The van der Waals surface area contributed by atoms with Crippen LogP contribution in [-0.2, 0) is 9.47 Å². The summed E-state index contributed by atoms with van der Waals surface area (Å²) in [6, 6.07) is 8.86. The number of ether oxygens (including phenoxy) is 2. The van der Waals surface area contributed by atoms with E-state index in [0.29, 0.717) is 12.0 Å². The fourth-order valence-corrected chi connectivity index (χ4v) is 2.19. The molecule has 1 fully saturated rings. The highest BCUT2D eigenvalue weighted by molar-refractivity contribution is 6.01. The van der Waals surface area contributed by atoms with Crippen molar-refractivity contribution in [3.05, 3.63) is 35.9 Å². The molecule has 1 aliphatic rings. The van der Waals surface area contributed by atoms with Crippen LogP contribution in [-0.4, -0.2) is 24.1 Å². The lowest BCUT2D eigenvalue weighted by molar-refractivity contribution is 0.0707. The van der Waals surface area contributed by atoms with Crippen LogP contribution >= 0.6 is 0 Å². The molecule has 4 nitrogen and oxygen atoms in total. The SMILES string of the molecule is CCCCC[C@@H]1OC(=O)O[C@H]1C(=O)c1ccccc1. The van der Waals surface area contributed by atoms with Crippen LogP contribution in [0.1, 0.15) is 43.0 Å². The number of hydrogen-bond donors (Lipinski definition) is 0. The maximum atomic E-state index is 12.3. The number of ketones is 1. The molecule has 1 saturated heterocycles. The summed E-state index contributed by atoms with van der Waals surface area (Å²) in [6.45, 7) is 2.10. The predicted octanol–water partition coefficient (Wildman–Crippen LogP) is 3.35. The van der Waals surface area contributed by atoms with E-state index in [9.17, 15) is 9.59 Å². The van der Waals surface area contributed by atoms with Crippen molar-refractivity contribution in [1.29, 1.82) is 0 Å². The van der Waals surface area contributed by atoms with Gasteiger partial charge in [-0.15, -0.1) is 0 Å². The topological polar surface area (TPSA) is 52.6 Å². The molecule has 0 radical (unpaired) electrons. The van der Waals surface area contributed by atoms with Crippen LogP contribution in [0.15, 0.2) is 30.3 Å². The average Bonchev–Trinajstić information content (AvgIpc) is 2.80. The van der Waals surface area contributed by atoms with Crippen LogP contribution in [0.4, 0.5) is 4.79 Å². The number of hydrogen-bond acceptors (Lipinski definition) is 4. The Morgan fingerprint density at radius 3 is 2.58 bits per heavy atom. The van der Waals surface area contributed by atoms with Gasteiger partial charge in [-0.2, -0.15) is 0 Å². The molecule has 0 amide bonds. The molecular weight excluding hydrogens is 244 g/mol. The van der Waals surface area contributed by atoms with Crippen molar-refractivity contribution in [2.45, 2.75) is 44.8 Å². The highest BCUT2D eigenvalue weighted by atomic mass is 16.8. The molecular formula is C15H18O4. The lowest BCUT2D eigenvalue weighted by Crippen LogP contribution is -2.31. The molecule has 0 unspecified atom stereocenters. The van der Waals surface area contributed by atoms with E-state index >= 15 is 0 Å². The fraction of sp³-hybridized carbons (Fsp3) is 0.467. The Bertz CT molecular complexity index is 441. The van der Waals surface area contributed by atoms with Crippen molar-refractivity contribution in [3.8, 4) is 0 Å². The standard InChI is InChI=1S/C15H18O4/c1-2-3-5-10-12-14(19-15(17)18-12)13(16)11-8-6-4-7-9-11/h4,6-9,12,14H,2-3,5,10H2,1H3/t12-,14+/m0/s1. The predicted molar refractivity (Wildman–Crippen MR) is 70.1 cm³/mol. The minimum absolute atomic E-state index is 0.187. The van der Waals surface area contributed by atoms with Crippen molar-refractivity contribution < 1.29 is 19.1 Å². The molecule has 0 aromatic heterocycles. The third-order valence-corrected chi connectivity index (χ3v) is 3.22. The molecule has 19 heavy (non-hydrogen) atoms. The second-order valence-corrected chi connectivity index (χ2v) is 4.67. The Labute approximate surface area is 112 Å². The van der Waals surface area contributed by atoms with E-state index in [2.05, 4.69) is 6.92 Å². The zero-order valence-corrected chi connectivity index (χ0v) is 11.0. The normalized spacial score (nSPS) is 21.8. The summed E-state index contributed by atoms with van der Waals surface area (Å²) in [5, 5.41) is 0. The maximum Gasteiger partial charge on any atom is 0.509 e. The van der Waals surface area contributed by atoms with Crippen molar-refractivity contribution in [2.75, 3.05) is 0 Å². The van der Waals surface area contributed by atoms with Gasteiger partial charge in [-0.25, -0.2) is 4.79 Å². The van der Waals surface area contributed by atoms with Gasteiger partial charge in [0.1, 0.15) is 6.10 Å². The lowest BCUT2D eigenvalue weighted by atomic mass is 9.98. The fourth-order valence-electron chi connectivity index (χ4n) is 2.19. The van der Waals surface area contributed by atoms with Crippen molar-refractivity contribution >= 4 is 11.9 Å². The molecule has 1 aliphatic heterocycles. The Balaban J connectivity index is 2.04. The van der Waals surface area contributed by atoms with E-state index in [1.165, 1.54) is 0 Å². The number of benzene rings is 1. The first-order valence-corrected chi connectivity index (χ1v) is 6.69. The summed E-state index contributed by atoms with van der Waals surface area (Å²) in [7, 11) is 0. The van der Waals surface area contributed by atoms with Gasteiger partial charge in [0.25, 0.3) is 0 Å². The van der Waals surface area contributed by atoms with E-state index in [-0.39, 0.29) is 5.78 Å². The van der Waals surface area contributed by atoms with E-state index in [0.717, 1.165) is 19.3 Å². The number of rotatable bonds is 6. The summed E-state index contributed by atoms with van der Waals surface area (Å²) < 4.78 is 10.1. The van der Waals surface area contributed by atoms with Gasteiger partial charge in [0.2, 0.25) is 11.9 Å². The number of Topliss-reactive ketones (excluding diaryl/α,β-unsaturated/α-hetero) is 1. The van der Waals surface area contributed by atoms with Crippen LogP contribution in [0.25, 0.3) is 0 Å². The quantitative estimate of drug-likeness (QED) is 0.448. The molecule has 0 spiro atoms. The maximum absolute atomic E-state index is 12.3. The van der Waals surface area contributed by atoms with Gasteiger partial charge in [-0.05, 0) is 12.8 Å². The minimum atomic E-state index is -0.799. The first-order valence-electron chi connectivity index (χ1n) is 6.69. The summed E-state index contributed by atoms with van der Waals surface area (Å²) >= 11 is 0. The molecule has 1 heterocycles. The van der Waals surface area contributed by atoms with E-state index < -0.39 is 18.4 Å². The Kier molecular flexibility index (Phi) is 4.55. The van der Waals surface area contributed by atoms with Gasteiger partial charge in [0, 0.05) is 5.56 Å². The van der Waals surface area contributed by atoms with Gasteiger partial charge in [0.15, 0.2) is 0 Å². The minimum Gasteiger partial charge on any atom is -0.426 e. The van der Waals surface area contributed by atoms with Crippen LogP contribution < -0.4 is 0 Å². The number of cyclic esters (lactones) is 2. The van der Waals surface area contributed by atoms with Gasteiger partial charge >= 0.3 is 6.16 Å². The number of unbranched alkanes of at least 4 members (excludes halogenated alkanes) is 2. The molecule has 1 aromatic carbocycles. The Hall–Kier alpha value is -1.84. The summed E-state index contributed by atoms with van der Waals surface area (Å²) in [5.74, 6) is -0.187. The average molecular weight is 262 g/mol. The van der Waals surface area contributed by atoms with E-state index in [1.54, 1.807) is 24.3 Å². The zero-order chi connectivity index (χ0) is 13.7. The molecule has 4 heteroatoms. The van der Waals surface area contributed by atoms with Crippen molar-refractivity contribution in [1.82, 2.24) is 0 Å². The molecule has 102 valence electrons. The first-order chi connectivity index (χ1) is 9.22. The molecule has 0 bridgehead atoms. The van der Waals surface area contributed by atoms with Crippen LogP contribution in [0.3, 0.4) is 0 Å². The monoisotopic (exact) mass is 262 g/mol. The number of carbonyl (C=O) groups is 2. The second-order valence-electron chi connectivity index (χ2n) is 4.67. The number of carbonyl (C=O) groups excluding carboxylic acids is 2. The smallest absolute Gasteiger partial charge is 0.426 e. The molecule has 2 atom stereocenters. The summed E-state index contributed by atoms with van der Waals surface area (Å²) in [6.07, 6.45) is 1.74. The third kappa shape index (κ3) is 3.34. The summed E-state index contributed by atoms with van der Waals surface area (Å²) in [5.41, 5.74) is 0.547. The molecule has 0 N–H and O–H groups in total. The van der Waals surface area contributed by atoms with E-state index in [1.807, 2.05) is 6.07 Å². The Morgan fingerprint density at radius 2 is 1.89 bits per heavy atom.